The van der Waals surface area contributed by atoms with E-state index < -0.39 is 0 Å². The van der Waals surface area contributed by atoms with Crippen LogP contribution in [0.4, 0.5) is 0 Å². The maximum absolute atomic E-state index is 11.9. The molecular weight excluding hydrogens is 202 g/mol. The molecule has 3 aliphatic rings. The number of epoxide rings is 1. The molecule has 0 aromatic carbocycles. The number of halogens is 1. The van der Waals surface area contributed by atoms with Crippen LogP contribution in [0.15, 0.2) is 11.1 Å². The topological polar surface area (TPSA) is 32.8 Å². The lowest BCUT2D eigenvalue weighted by molar-refractivity contribution is -0.139. The lowest BCUT2D eigenvalue weighted by Crippen LogP contribution is -2.46. The van der Waals surface area contributed by atoms with Gasteiger partial charge in [0, 0.05) is 23.9 Å². The number of allylic oxidation sites excluding steroid dienone is 2. The second-order valence-corrected chi connectivity index (χ2v) is 4.79. The predicted molar refractivity (Wildman–Crippen MR) is 51.6 cm³/mol. The largest absolute Gasteiger partial charge is 0.347 e. The first-order valence-electron chi connectivity index (χ1n) is 4.95. The maximum Gasteiger partial charge on any atom is 0.228 e. The van der Waals surface area contributed by atoms with Gasteiger partial charge in [-0.05, 0) is 12.8 Å². The summed E-state index contributed by atoms with van der Waals surface area (Å²) in [7, 11) is 1.81. The molecule has 76 valence electrons. The molecule has 0 bridgehead atoms. The van der Waals surface area contributed by atoms with Gasteiger partial charge < -0.3 is 9.64 Å². The number of amides is 1. The molecule has 4 unspecified atom stereocenters. The number of ether oxygens (including phenoxy) is 1. The number of likely N-dealkylation sites (N-methyl/N-ethyl adjacent to an activating group) is 1. The van der Waals surface area contributed by atoms with Gasteiger partial charge in [-0.15, -0.1) is 0 Å². The molecule has 2 saturated heterocycles. The van der Waals surface area contributed by atoms with E-state index in [4.69, 9.17) is 16.3 Å². The van der Waals surface area contributed by atoms with E-state index in [9.17, 15) is 4.79 Å². The van der Waals surface area contributed by atoms with Crippen LogP contribution in [-0.2, 0) is 9.53 Å². The first-order valence-corrected chi connectivity index (χ1v) is 5.33. The molecule has 2 fully saturated rings. The number of nitrogens with zero attached hydrogens (tertiary/aromatic N) is 1. The Bertz CT molecular complexity index is 328. The van der Waals surface area contributed by atoms with Crippen molar-refractivity contribution in [3.63, 3.8) is 0 Å². The molecule has 14 heavy (non-hydrogen) atoms. The molecule has 4 atom stereocenters. The summed E-state index contributed by atoms with van der Waals surface area (Å²) in [4.78, 5) is 13.6. The van der Waals surface area contributed by atoms with Crippen LogP contribution >= 0.6 is 11.6 Å². The molecule has 2 aliphatic heterocycles. The van der Waals surface area contributed by atoms with Gasteiger partial charge in [-0.1, -0.05) is 17.7 Å². The van der Waals surface area contributed by atoms with Crippen molar-refractivity contribution in [1.29, 1.82) is 0 Å². The van der Waals surface area contributed by atoms with Gasteiger partial charge >= 0.3 is 0 Å². The van der Waals surface area contributed by atoms with Crippen molar-refractivity contribution >= 4 is 17.5 Å². The highest BCUT2D eigenvalue weighted by Gasteiger charge is 2.58. The molecule has 1 amide bonds. The standard InChI is InChI=1S/C10H12ClNO2/c1-12-9(13)7-4-5(11)2-3-6(7)8-10(12)14-8/h2,6-8,10H,3-4H2,1H3. The molecule has 1 aliphatic carbocycles. The van der Waals surface area contributed by atoms with Crippen LogP contribution in [0.2, 0.25) is 0 Å². The number of fused-ring (bicyclic) bond motifs is 3. The lowest BCUT2D eigenvalue weighted by atomic mass is 9.77. The molecule has 0 saturated carbocycles. The van der Waals surface area contributed by atoms with Crippen LogP contribution in [0, 0.1) is 11.8 Å². The lowest BCUT2D eigenvalue weighted by Gasteiger charge is -2.34. The Balaban J connectivity index is 1.91. The van der Waals surface area contributed by atoms with Crippen LogP contribution in [0.1, 0.15) is 12.8 Å². The van der Waals surface area contributed by atoms with E-state index in [2.05, 4.69) is 0 Å². The summed E-state index contributed by atoms with van der Waals surface area (Å²) in [5.74, 6) is 0.618. The number of likely N-dealkylation sites (tertiary alicyclic amines) is 1. The molecule has 0 N–H and O–H groups in total. The number of hydrogen-bond donors (Lipinski definition) is 0. The fraction of sp³-hybridized carbons (Fsp3) is 0.700. The monoisotopic (exact) mass is 213 g/mol. The van der Waals surface area contributed by atoms with Crippen molar-refractivity contribution in [2.45, 2.75) is 25.2 Å². The second-order valence-electron chi connectivity index (χ2n) is 4.30. The Morgan fingerprint density at radius 3 is 3.21 bits per heavy atom. The van der Waals surface area contributed by atoms with Crippen LogP contribution < -0.4 is 0 Å². The van der Waals surface area contributed by atoms with Crippen molar-refractivity contribution < 1.29 is 9.53 Å². The third-order valence-electron chi connectivity index (χ3n) is 3.51. The van der Waals surface area contributed by atoms with Crippen LogP contribution in [0.3, 0.4) is 0 Å². The Hall–Kier alpha value is -0.540. The zero-order valence-corrected chi connectivity index (χ0v) is 8.70. The summed E-state index contributed by atoms with van der Waals surface area (Å²) in [6, 6.07) is 0. The van der Waals surface area contributed by atoms with Crippen molar-refractivity contribution in [3.05, 3.63) is 11.1 Å². The van der Waals surface area contributed by atoms with Gasteiger partial charge in [-0.3, -0.25) is 4.79 Å². The SMILES string of the molecule is CN1C(=O)C2CC(Cl)=CCC2C2OC21. The van der Waals surface area contributed by atoms with Crippen LogP contribution in [0.5, 0.6) is 0 Å². The van der Waals surface area contributed by atoms with Gasteiger partial charge in [0.05, 0.1) is 0 Å². The van der Waals surface area contributed by atoms with Crippen molar-refractivity contribution in [3.8, 4) is 0 Å². The van der Waals surface area contributed by atoms with Gasteiger partial charge in [0.15, 0.2) is 6.23 Å². The highest BCUT2D eigenvalue weighted by molar-refractivity contribution is 6.29. The van der Waals surface area contributed by atoms with E-state index in [1.807, 2.05) is 13.1 Å². The number of carbonyl (C=O) groups excluding carboxylic acids is 1. The molecule has 0 aromatic heterocycles. The molecule has 0 spiro atoms. The summed E-state index contributed by atoms with van der Waals surface area (Å²) < 4.78 is 5.50. The summed E-state index contributed by atoms with van der Waals surface area (Å²) in [5, 5.41) is 0.826. The van der Waals surface area contributed by atoms with E-state index >= 15 is 0 Å². The van der Waals surface area contributed by atoms with Gasteiger partial charge in [0.1, 0.15) is 6.10 Å². The van der Waals surface area contributed by atoms with E-state index in [1.54, 1.807) is 4.90 Å². The van der Waals surface area contributed by atoms with Crippen LogP contribution in [-0.4, -0.2) is 30.2 Å². The Labute approximate surface area is 87.7 Å². The third kappa shape index (κ3) is 1.06. The van der Waals surface area contributed by atoms with Crippen molar-refractivity contribution in [2.24, 2.45) is 11.8 Å². The summed E-state index contributed by atoms with van der Waals surface area (Å²) in [5.41, 5.74) is 0. The first-order chi connectivity index (χ1) is 6.68. The first kappa shape index (κ1) is 8.74. The van der Waals surface area contributed by atoms with E-state index in [0.717, 1.165) is 11.5 Å². The van der Waals surface area contributed by atoms with Gasteiger partial charge in [0.2, 0.25) is 5.91 Å². The number of piperidine rings is 1. The minimum atomic E-state index is 0.0500. The van der Waals surface area contributed by atoms with Crippen molar-refractivity contribution in [1.82, 2.24) is 4.90 Å². The number of carbonyl (C=O) groups is 1. The summed E-state index contributed by atoms with van der Waals surface area (Å²) >= 11 is 5.96. The van der Waals surface area contributed by atoms with E-state index in [1.165, 1.54) is 0 Å². The van der Waals surface area contributed by atoms with Gasteiger partial charge in [0.25, 0.3) is 0 Å². The summed E-state index contributed by atoms with van der Waals surface area (Å²) in [6.07, 6.45) is 3.93. The maximum atomic E-state index is 11.9. The molecule has 0 aromatic rings. The molecule has 3 nitrogen and oxygen atoms in total. The number of hydrogen-bond acceptors (Lipinski definition) is 2. The number of rotatable bonds is 0. The minimum Gasteiger partial charge on any atom is -0.347 e. The molecule has 0 radical (unpaired) electrons. The summed E-state index contributed by atoms with van der Waals surface area (Å²) in [6.45, 7) is 0. The average Bonchev–Trinajstić information content (AvgIpc) is 2.94. The predicted octanol–water partition coefficient (Wildman–Crippen LogP) is 1.33. The average molecular weight is 214 g/mol. The van der Waals surface area contributed by atoms with Gasteiger partial charge in [-0.25, -0.2) is 0 Å². The van der Waals surface area contributed by atoms with Crippen molar-refractivity contribution in [2.75, 3.05) is 7.05 Å². The molecule has 3 rings (SSSR count). The fourth-order valence-electron chi connectivity index (χ4n) is 2.63. The Kier molecular flexibility index (Phi) is 1.71. The minimum absolute atomic E-state index is 0.0500. The third-order valence-corrected chi connectivity index (χ3v) is 3.82. The van der Waals surface area contributed by atoms with Gasteiger partial charge in [-0.2, -0.15) is 0 Å². The normalized spacial score (nSPS) is 45.4. The Morgan fingerprint density at radius 2 is 2.43 bits per heavy atom. The quantitative estimate of drug-likeness (QED) is 0.569. The Morgan fingerprint density at radius 1 is 1.64 bits per heavy atom. The van der Waals surface area contributed by atoms with E-state index in [-0.39, 0.29) is 24.2 Å². The zero-order chi connectivity index (χ0) is 9.87. The van der Waals surface area contributed by atoms with E-state index in [0.29, 0.717) is 12.3 Å². The highest BCUT2D eigenvalue weighted by atomic mass is 35.5. The zero-order valence-electron chi connectivity index (χ0n) is 7.94. The molecule has 4 heteroatoms. The smallest absolute Gasteiger partial charge is 0.228 e. The fourth-order valence-corrected chi connectivity index (χ4v) is 2.89. The highest BCUT2D eigenvalue weighted by Crippen LogP contribution is 2.47. The van der Waals surface area contributed by atoms with Crippen LogP contribution in [0.25, 0.3) is 0 Å². The molecule has 2 heterocycles. The second kappa shape index (κ2) is 2.74. The molecular formula is C10H12ClNO2.